The Morgan fingerprint density at radius 3 is 2.19 bits per heavy atom. The number of nitrogens with zero attached hydrogens (tertiary/aromatic N) is 1. The Bertz CT molecular complexity index is 852. The van der Waals surface area contributed by atoms with E-state index in [-0.39, 0.29) is 12.3 Å². The van der Waals surface area contributed by atoms with E-state index in [1.54, 1.807) is 48.5 Å². The molecule has 0 fully saturated rings. The van der Waals surface area contributed by atoms with E-state index in [4.69, 9.17) is 11.0 Å². The molecule has 2 rings (SSSR count). The van der Waals surface area contributed by atoms with Gasteiger partial charge in [0.2, 0.25) is 11.8 Å². The van der Waals surface area contributed by atoms with Crippen molar-refractivity contribution in [1.29, 1.82) is 5.26 Å². The maximum atomic E-state index is 12.3. The third-order valence-corrected chi connectivity index (χ3v) is 3.64. The summed E-state index contributed by atoms with van der Waals surface area (Å²) in [5, 5.41) is 14.0. The SMILES string of the molecule is CC(=O)Nc1ccc(C(=O)N[C@H](Cc2ccc(C#N)cc2)C(N)=O)cc1. The lowest BCUT2D eigenvalue weighted by Crippen LogP contribution is -2.45. The largest absolute Gasteiger partial charge is 0.368 e. The Hall–Kier alpha value is -3.66. The summed E-state index contributed by atoms with van der Waals surface area (Å²) in [5.41, 5.74) is 7.58. The average molecular weight is 350 g/mol. The molecule has 2 aromatic carbocycles. The van der Waals surface area contributed by atoms with Gasteiger partial charge in [-0.15, -0.1) is 0 Å². The number of nitrogens with one attached hydrogen (secondary N) is 2. The number of benzene rings is 2. The summed E-state index contributed by atoms with van der Waals surface area (Å²) in [7, 11) is 0. The van der Waals surface area contributed by atoms with Gasteiger partial charge in [-0.05, 0) is 42.0 Å². The van der Waals surface area contributed by atoms with E-state index in [0.29, 0.717) is 16.8 Å². The number of primary amides is 1. The number of nitriles is 1. The first-order valence-electron chi connectivity index (χ1n) is 7.86. The maximum Gasteiger partial charge on any atom is 0.251 e. The Morgan fingerprint density at radius 2 is 1.69 bits per heavy atom. The van der Waals surface area contributed by atoms with Crippen molar-refractivity contribution in [3.05, 3.63) is 65.2 Å². The number of carbonyl (C=O) groups excluding carboxylic acids is 3. The highest BCUT2D eigenvalue weighted by Gasteiger charge is 2.19. The van der Waals surface area contributed by atoms with Crippen LogP contribution in [0.15, 0.2) is 48.5 Å². The first-order valence-corrected chi connectivity index (χ1v) is 7.86. The van der Waals surface area contributed by atoms with Crippen LogP contribution in [0.3, 0.4) is 0 Å². The van der Waals surface area contributed by atoms with Crippen molar-refractivity contribution in [2.24, 2.45) is 5.73 Å². The number of rotatable bonds is 6. The van der Waals surface area contributed by atoms with Crippen LogP contribution in [0.1, 0.15) is 28.4 Å². The van der Waals surface area contributed by atoms with Gasteiger partial charge in [0.15, 0.2) is 0 Å². The molecule has 0 saturated carbocycles. The quantitative estimate of drug-likeness (QED) is 0.727. The van der Waals surface area contributed by atoms with E-state index < -0.39 is 17.9 Å². The molecule has 0 aliphatic carbocycles. The molecular weight excluding hydrogens is 332 g/mol. The monoisotopic (exact) mass is 350 g/mol. The summed E-state index contributed by atoms with van der Waals surface area (Å²) in [6.45, 7) is 1.39. The zero-order valence-corrected chi connectivity index (χ0v) is 14.2. The number of hydrogen-bond acceptors (Lipinski definition) is 4. The Morgan fingerprint density at radius 1 is 1.08 bits per heavy atom. The van der Waals surface area contributed by atoms with E-state index in [1.807, 2.05) is 6.07 Å². The predicted octanol–water partition coefficient (Wildman–Crippen LogP) is 1.34. The van der Waals surface area contributed by atoms with Crippen molar-refractivity contribution < 1.29 is 14.4 Å². The molecule has 26 heavy (non-hydrogen) atoms. The zero-order valence-electron chi connectivity index (χ0n) is 14.2. The van der Waals surface area contributed by atoms with Crippen molar-refractivity contribution in [2.75, 3.05) is 5.32 Å². The van der Waals surface area contributed by atoms with Gasteiger partial charge in [0.1, 0.15) is 6.04 Å². The Kier molecular flexibility index (Phi) is 6.06. The molecule has 132 valence electrons. The van der Waals surface area contributed by atoms with Crippen molar-refractivity contribution >= 4 is 23.4 Å². The van der Waals surface area contributed by atoms with Crippen molar-refractivity contribution in [3.8, 4) is 6.07 Å². The van der Waals surface area contributed by atoms with Gasteiger partial charge >= 0.3 is 0 Å². The second-order valence-corrected chi connectivity index (χ2v) is 5.70. The van der Waals surface area contributed by atoms with Crippen molar-refractivity contribution in [3.63, 3.8) is 0 Å². The lowest BCUT2D eigenvalue weighted by atomic mass is 10.0. The van der Waals surface area contributed by atoms with Crippen molar-refractivity contribution in [1.82, 2.24) is 5.32 Å². The smallest absolute Gasteiger partial charge is 0.251 e. The van der Waals surface area contributed by atoms with Crippen molar-refractivity contribution in [2.45, 2.75) is 19.4 Å². The summed E-state index contributed by atoms with van der Waals surface area (Å²) in [4.78, 5) is 35.0. The lowest BCUT2D eigenvalue weighted by Gasteiger charge is -2.16. The second kappa shape index (κ2) is 8.44. The molecule has 0 aliphatic heterocycles. The minimum absolute atomic E-state index is 0.210. The minimum atomic E-state index is -0.884. The van der Waals surface area contributed by atoms with E-state index in [1.165, 1.54) is 6.92 Å². The predicted molar refractivity (Wildman–Crippen MR) is 96.1 cm³/mol. The molecule has 3 amide bonds. The average Bonchev–Trinajstić information content (AvgIpc) is 2.61. The first kappa shape index (κ1) is 18.7. The van der Waals surface area contributed by atoms with Gasteiger partial charge in [-0.2, -0.15) is 5.26 Å². The van der Waals surface area contributed by atoms with Gasteiger partial charge in [0, 0.05) is 24.6 Å². The third kappa shape index (κ3) is 5.18. The van der Waals surface area contributed by atoms with Gasteiger partial charge < -0.3 is 16.4 Å². The molecular formula is C19H18N4O3. The van der Waals surface area contributed by atoms with Crippen LogP contribution in [-0.2, 0) is 16.0 Å². The van der Waals surface area contributed by atoms with E-state index in [0.717, 1.165) is 5.56 Å². The molecule has 0 aliphatic rings. The minimum Gasteiger partial charge on any atom is -0.368 e. The molecule has 0 aromatic heterocycles. The van der Waals surface area contributed by atoms with Crippen LogP contribution < -0.4 is 16.4 Å². The van der Waals surface area contributed by atoms with Gasteiger partial charge in [0.05, 0.1) is 11.6 Å². The van der Waals surface area contributed by atoms with Crippen LogP contribution in [0.5, 0.6) is 0 Å². The topological polar surface area (TPSA) is 125 Å². The molecule has 1 atom stereocenters. The molecule has 0 spiro atoms. The van der Waals surface area contributed by atoms with Crippen LogP contribution in [0.25, 0.3) is 0 Å². The fourth-order valence-electron chi connectivity index (χ4n) is 2.32. The molecule has 0 saturated heterocycles. The second-order valence-electron chi connectivity index (χ2n) is 5.70. The highest BCUT2D eigenvalue weighted by molar-refractivity contribution is 5.98. The molecule has 0 unspecified atom stereocenters. The molecule has 2 aromatic rings. The van der Waals surface area contributed by atoms with Gasteiger partial charge in [0.25, 0.3) is 5.91 Å². The number of anilines is 1. The molecule has 7 heteroatoms. The Labute approximate surface area is 150 Å². The van der Waals surface area contributed by atoms with E-state index >= 15 is 0 Å². The molecule has 4 N–H and O–H groups in total. The Balaban J connectivity index is 2.06. The molecule has 0 radical (unpaired) electrons. The normalized spacial score (nSPS) is 11.1. The molecule has 0 heterocycles. The molecule has 0 bridgehead atoms. The highest BCUT2D eigenvalue weighted by atomic mass is 16.2. The summed E-state index contributed by atoms with van der Waals surface area (Å²) in [5.74, 6) is -1.31. The number of carbonyl (C=O) groups is 3. The standard InChI is InChI=1S/C19H18N4O3/c1-12(24)22-16-8-6-15(7-9-16)19(26)23-17(18(21)25)10-13-2-4-14(11-20)5-3-13/h2-9,17H,10H2,1H3,(H2,21,25)(H,22,24)(H,23,26)/t17-/m1/s1. The fourth-order valence-corrected chi connectivity index (χ4v) is 2.32. The third-order valence-electron chi connectivity index (χ3n) is 3.64. The summed E-state index contributed by atoms with van der Waals surface area (Å²) >= 11 is 0. The van der Waals surface area contributed by atoms with E-state index in [9.17, 15) is 14.4 Å². The fraction of sp³-hybridized carbons (Fsp3) is 0.158. The number of amides is 3. The van der Waals surface area contributed by atoms with Crippen LogP contribution >= 0.6 is 0 Å². The summed E-state index contributed by atoms with van der Waals surface area (Å²) < 4.78 is 0. The summed E-state index contributed by atoms with van der Waals surface area (Å²) in [6.07, 6.45) is 0.219. The number of hydrogen-bond donors (Lipinski definition) is 3. The highest BCUT2D eigenvalue weighted by Crippen LogP contribution is 2.11. The van der Waals surface area contributed by atoms with E-state index in [2.05, 4.69) is 10.6 Å². The van der Waals surface area contributed by atoms with Crippen LogP contribution in [0, 0.1) is 11.3 Å². The zero-order chi connectivity index (χ0) is 19.1. The molecule has 7 nitrogen and oxygen atoms in total. The first-order chi connectivity index (χ1) is 12.4. The number of nitrogens with two attached hydrogens (primary N) is 1. The van der Waals surface area contributed by atoms with Crippen LogP contribution in [0.2, 0.25) is 0 Å². The van der Waals surface area contributed by atoms with Crippen LogP contribution in [0.4, 0.5) is 5.69 Å². The summed E-state index contributed by atoms with van der Waals surface area (Å²) in [6, 6.07) is 14.1. The lowest BCUT2D eigenvalue weighted by molar-refractivity contribution is -0.119. The van der Waals surface area contributed by atoms with Gasteiger partial charge in [-0.25, -0.2) is 0 Å². The van der Waals surface area contributed by atoms with Gasteiger partial charge in [-0.1, -0.05) is 12.1 Å². The maximum absolute atomic E-state index is 12.3. The van der Waals surface area contributed by atoms with Crippen LogP contribution in [-0.4, -0.2) is 23.8 Å². The van der Waals surface area contributed by atoms with Gasteiger partial charge in [-0.3, -0.25) is 14.4 Å².